The fourth-order valence-corrected chi connectivity index (χ4v) is 4.59. The Morgan fingerprint density at radius 3 is 2.34 bits per heavy atom. The zero-order valence-corrected chi connectivity index (χ0v) is 21.4. The normalized spacial score (nSPS) is 13.9. The number of rotatable bonds is 8. The smallest absolute Gasteiger partial charge is 0.262 e. The largest absolute Gasteiger partial charge is 0.482 e. The van der Waals surface area contributed by atoms with Gasteiger partial charge in [-0.1, -0.05) is 73.2 Å². The van der Waals surface area contributed by atoms with Crippen LogP contribution >= 0.6 is 23.8 Å². The minimum Gasteiger partial charge on any atom is -0.482 e. The van der Waals surface area contributed by atoms with Crippen LogP contribution in [0, 0.1) is 0 Å². The molecule has 0 bridgehead atoms. The summed E-state index contributed by atoms with van der Waals surface area (Å²) in [6.07, 6.45) is 0.958. The summed E-state index contributed by atoms with van der Waals surface area (Å²) in [5.41, 5.74) is 4.17. The predicted octanol–water partition coefficient (Wildman–Crippen LogP) is 5.41. The Morgan fingerprint density at radius 2 is 1.69 bits per heavy atom. The van der Waals surface area contributed by atoms with E-state index in [4.69, 9.17) is 28.6 Å². The van der Waals surface area contributed by atoms with Gasteiger partial charge in [-0.2, -0.15) is 0 Å². The fourth-order valence-electron chi connectivity index (χ4n) is 4.05. The Morgan fingerprint density at radius 1 is 0.971 bits per heavy atom. The van der Waals surface area contributed by atoms with Gasteiger partial charge in [-0.15, -0.1) is 0 Å². The Bertz CT molecular complexity index is 1150. The second-order valence-electron chi connectivity index (χ2n) is 8.59. The maximum Gasteiger partial charge on any atom is 0.262 e. The van der Waals surface area contributed by atoms with Crippen molar-refractivity contribution >= 4 is 40.4 Å². The molecule has 0 aromatic heterocycles. The summed E-state index contributed by atoms with van der Waals surface area (Å²) in [6, 6.07) is 23.8. The van der Waals surface area contributed by atoms with Gasteiger partial charge in [0.05, 0.1) is 5.02 Å². The van der Waals surface area contributed by atoms with E-state index in [9.17, 15) is 4.79 Å². The van der Waals surface area contributed by atoms with Gasteiger partial charge in [-0.05, 0) is 47.9 Å². The zero-order valence-electron chi connectivity index (χ0n) is 19.9. The van der Waals surface area contributed by atoms with E-state index in [-0.39, 0.29) is 12.5 Å². The summed E-state index contributed by atoms with van der Waals surface area (Å²) >= 11 is 12.2. The number of nitrogens with zero attached hydrogens (tertiary/aromatic N) is 2. The predicted molar refractivity (Wildman–Crippen MR) is 146 cm³/mol. The Kier molecular flexibility index (Phi) is 8.74. The van der Waals surface area contributed by atoms with Crippen LogP contribution in [0.2, 0.25) is 5.02 Å². The van der Waals surface area contributed by atoms with Crippen LogP contribution in [-0.2, 0) is 17.8 Å². The monoisotopic (exact) mass is 507 g/mol. The van der Waals surface area contributed by atoms with Crippen LogP contribution < -0.4 is 10.1 Å². The van der Waals surface area contributed by atoms with Crippen molar-refractivity contribution in [2.75, 3.05) is 38.1 Å². The lowest BCUT2D eigenvalue weighted by molar-refractivity contribution is -0.118. The average molecular weight is 508 g/mol. The van der Waals surface area contributed by atoms with Crippen molar-refractivity contribution in [3.8, 4) is 5.75 Å². The molecule has 0 aliphatic carbocycles. The average Bonchev–Trinajstić information content (AvgIpc) is 2.89. The molecular formula is C28H30ClN3O2S. The standard InChI is InChI=1S/C28H30ClN3O2S/c1-2-21-8-11-24(12-9-21)30-27(33)20-34-26-13-10-23(18-25(26)29)28(35)32-16-14-31(15-17-32)19-22-6-4-3-5-7-22/h3-13,18H,2,14-17,19-20H2,1H3,(H,30,33). The summed E-state index contributed by atoms with van der Waals surface area (Å²) in [4.78, 5) is 17.7. The molecule has 0 saturated carbocycles. The summed E-state index contributed by atoms with van der Waals surface area (Å²) in [5, 5.41) is 3.27. The molecule has 1 heterocycles. The lowest BCUT2D eigenvalue weighted by atomic mass is 10.1. The van der Waals surface area contributed by atoms with E-state index in [0.717, 1.165) is 55.4 Å². The van der Waals surface area contributed by atoms with E-state index < -0.39 is 0 Å². The first-order valence-electron chi connectivity index (χ1n) is 11.9. The summed E-state index contributed by atoms with van der Waals surface area (Å²) in [5.74, 6) is 0.223. The topological polar surface area (TPSA) is 44.8 Å². The SMILES string of the molecule is CCc1ccc(NC(=O)COc2ccc(C(=S)N3CCN(Cc4ccccc4)CC3)cc2Cl)cc1. The molecule has 0 spiro atoms. The third kappa shape index (κ3) is 7.04. The fraction of sp³-hybridized carbons (Fsp3) is 0.286. The Balaban J connectivity index is 1.26. The number of hydrogen-bond acceptors (Lipinski definition) is 4. The Labute approximate surface area is 217 Å². The molecule has 1 saturated heterocycles. The number of amides is 1. The number of anilines is 1. The zero-order chi connectivity index (χ0) is 24.6. The molecule has 0 atom stereocenters. The van der Waals surface area contributed by atoms with Crippen molar-refractivity contribution in [2.45, 2.75) is 19.9 Å². The van der Waals surface area contributed by atoms with Crippen LogP contribution in [0.15, 0.2) is 72.8 Å². The van der Waals surface area contributed by atoms with E-state index >= 15 is 0 Å². The van der Waals surface area contributed by atoms with Crippen LogP contribution in [0.5, 0.6) is 5.75 Å². The van der Waals surface area contributed by atoms with Gasteiger partial charge in [0, 0.05) is 44.0 Å². The van der Waals surface area contributed by atoms with Crippen LogP contribution in [-0.4, -0.2) is 53.5 Å². The summed E-state index contributed by atoms with van der Waals surface area (Å²) in [6.45, 7) is 6.60. The number of benzene rings is 3. The van der Waals surface area contributed by atoms with Crippen molar-refractivity contribution in [3.63, 3.8) is 0 Å². The lowest BCUT2D eigenvalue weighted by Crippen LogP contribution is -2.48. The van der Waals surface area contributed by atoms with Crippen molar-refractivity contribution in [1.29, 1.82) is 0 Å². The van der Waals surface area contributed by atoms with Crippen LogP contribution in [0.1, 0.15) is 23.6 Å². The highest BCUT2D eigenvalue weighted by Crippen LogP contribution is 2.27. The van der Waals surface area contributed by atoms with Crippen molar-refractivity contribution in [3.05, 3.63) is 94.5 Å². The summed E-state index contributed by atoms with van der Waals surface area (Å²) in [7, 11) is 0. The van der Waals surface area contributed by atoms with E-state index in [1.165, 1.54) is 11.1 Å². The van der Waals surface area contributed by atoms with E-state index in [2.05, 4.69) is 46.3 Å². The Hall–Kier alpha value is -2.93. The highest BCUT2D eigenvalue weighted by molar-refractivity contribution is 7.80. The van der Waals surface area contributed by atoms with Gasteiger partial charge in [0.2, 0.25) is 0 Å². The van der Waals surface area contributed by atoms with E-state index in [1.54, 1.807) is 6.07 Å². The van der Waals surface area contributed by atoms with Crippen molar-refractivity contribution < 1.29 is 9.53 Å². The van der Waals surface area contributed by atoms with E-state index in [1.807, 2.05) is 42.5 Å². The number of halogens is 1. The number of piperazine rings is 1. The molecule has 0 unspecified atom stereocenters. The molecule has 0 radical (unpaired) electrons. The number of aryl methyl sites for hydroxylation is 1. The van der Waals surface area contributed by atoms with Gasteiger partial charge in [0.15, 0.2) is 6.61 Å². The first kappa shape index (κ1) is 25.2. The molecule has 1 amide bonds. The molecule has 5 nitrogen and oxygen atoms in total. The number of carbonyl (C=O) groups excluding carboxylic acids is 1. The van der Waals surface area contributed by atoms with Gasteiger partial charge in [-0.3, -0.25) is 9.69 Å². The highest BCUT2D eigenvalue weighted by Gasteiger charge is 2.20. The number of thiocarbonyl (C=S) groups is 1. The maximum atomic E-state index is 12.3. The molecule has 182 valence electrons. The number of ether oxygens (including phenoxy) is 1. The minimum absolute atomic E-state index is 0.123. The second-order valence-corrected chi connectivity index (χ2v) is 9.38. The van der Waals surface area contributed by atoms with Crippen LogP contribution in [0.4, 0.5) is 5.69 Å². The number of nitrogens with one attached hydrogen (secondary N) is 1. The lowest BCUT2D eigenvalue weighted by Gasteiger charge is -2.36. The van der Waals surface area contributed by atoms with Crippen LogP contribution in [0.25, 0.3) is 0 Å². The first-order chi connectivity index (χ1) is 17.0. The van der Waals surface area contributed by atoms with Crippen molar-refractivity contribution in [1.82, 2.24) is 9.80 Å². The molecule has 1 fully saturated rings. The molecule has 7 heteroatoms. The first-order valence-corrected chi connectivity index (χ1v) is 12.7. The number of hydrogen-bond donors (Lipinski definition) is 1. The number of carbonyl (C=O) groups is 1. The van der Waals surface area contributed by atoms with Gasteiger partial charge in [-0.25, -0.2) is 0 Å². The van der Waals surface area contributed by atoms with Gasteiger partial charge in [0.25, 0.3) is 5.91 Å². The van der Waals surface area contributed by atoms with Crippen molar-refractivity contribution in [2.24, 2.45) is 0 Å². The molecule has 3 aromatic carbocycles. The molecule has 3 aromatic rings. The summed E-state index contributed by atoms with van der Waals surface area (Å²) < 4.78 is 5.66. The minimum atomic E-state index is -0.238. The highest BCUT2D eigenvalue weighted by atomic mass is 35.5. The quantitative estimate of drug-likeness (QED) is 0.413. The molecule has 1 aliphatic heterocycles. The molecular weight excluding hydrogens is 478 g/mol. The third-order valence-corrected chi connectivity index (χ3v) is 6.88. The third-order valence-electron chi connectivity index (χ3n) is 6.09. The van der Waals surface area contributed by atoms with E-state index in [0.29, 0.717) is 10.8 Å². The van der Waals surface area contributed by atoms with Gasteiger partial charge in [0.1, 0.15) is 10.7 Å². The van der Waals surface area contributed by atoms with Gasteiger partial charge < -0.3 is 15.0 Å². The molecule has 1 N–H and O–H groups in total. The molecule has 35 heavy (non-hydrogen) atoms. The second kappa shape index (κ2) is 12.2. The molecule has 1 aliphatic rings. The molecule has 4 rings (SSSR count). The van der Waals surface area contributed by atoms with Crippen LogP contribution in [0.3, 0.4) is 0 Å². The van der Waals surface area contributed by atoms with Gasteiger partial charge >= 0.3 is 0 Å². The maximum absolute atomic E-state index is 12.3.